The fourth-order valence-corrected chi connectivity index (χ4v) is 3.03. The molecule has 0 aromatic heterocycles. The van der Waals surface area contributed by atoms with Crippen LogP contribution in [0.2, 0.25) is 0 Å². The topological polar surface area (TPSA) is 29.3 Å². The highest BCUT2D eigenvalue weighted by Gasteiger charge is 2.20. The highest BCUT2D eigenvalue weighted by atomic mass is 15.1. The number of benzene rings is 2. The van der Waals surface area contributed by atoms with Crippen LogP contribution < -0.4 is 10.6 Å². The minimum atomic E-state index is 0.206. The monoisotopic (exact) mass is 268 g/mol. The number of para-hydroxylation sites is 1. The molecule has 0 heterocycles. The molecule has 1 unspecified atom stereocenters. The van der Waals surface area contributed by atoms with Crippen LogP contribution in [-0.4, -0.2) is 13.6 Å². The standard InChI is InChI=1S/C18H24N2/c1-13-10-14(2)18(15(3)11-13)17(12-19)20(4)16-8-6-5-7-9-16/h5-11,17H,12,19H2,1-4H3. The lowest BCUT2D eigenvalue weighted by Crippen LogP contribution is -2.31. The Labute approximate surface area is 122 Å². The smallest absolute Gasteiger partial charge is 0.0666 e. The Morgan fingerprint density at radius 2 is 1.55 bits per heavy atom. The van der Waals surface area contributed by atoms with Crippen LogP contribution in [0.3, 0.4) is 0 Å². The van der Waals surface area contributed by atoms with Crippen LogP contribution >= 0.6 is 0 Å². The second-order valence-corrected chi connectivity index (χ2v) is 5.51. The lowest BCUT2D eigenvalue weighted by atomic mass is 9.93. The van der Waals surface area contributed by atoms with Crippen LogP contribution in [0.5, 0.6) is 0 Å². The minimum absolute atomic E-state index is 0.206. The molecule has 2 rings (SSSR count). The Bertz CT molecular complexity index is 552. The summed E-state index contributed by atoms with van der Waals surface area (Å²) in [7, 11) is 2.12. The Morgan fingerprint density at radius 3 is 2.05 bits per heavy atom. The fraction of sp³-hybridized carbons (Fsp3) is 0.333. The molecular formula is C18H24N2. The highest BCUT2D eigenvalue weighted by Crippen LogP contribution is 2.30. The molecule has 1 atom stereocenters. The van der Waals surface area contributed by atoms with Crippen LogP contribution in [0.4, 0.5) is 5.69 Å². The largest absolute Gasteiger partial charge is 0.366 e. The minimum Gasteiger partial charge on any atom is -0.366 e. The van der Waals surface area contributed by atoms with Gasteiger partial charge < -0.3 is 10.6 Å². The molecule has 0 radical (unpaired) electrons. The average Bonchev–Trinajstić information content (AvgIpc) is 2.43. The molecule has 2 aromatic carbocycles. The lowest BCUT2D eigenvalue weighted by molar-refractivity contribution is 0.672. The van der Waals surface area contributed by atoms with E-state index in [0.29, 0.717) is 6.54 Å². The zero-order valence-corrected chi connectivity index (χ0v) is 12.9. The van der Waals surface area contributed by atoms with Gasteiger partial charge in [0.15, 0.2) is 0 Å². The van der Waals surface area contributed by atoms with Gasteiger partial charge in [0.25, 0.3) is 0 Å². The molecule has 0 aliphatic heterocycles. The third-order valence-corrected chi connectivity index (χ3v) is 3.93. The van der Waals surface area contributed by atoms with Crippen molar-refractivity contribution >= 4 is 5.69 Å². The van der Waals surface area contributed by atoms with E-state index < -0.39 is 0 Å². The predicted octanol–water partition coefficient (Wildman–Crippen LogP) is 3.75. The summed E-state index contributed by atoms with van der Waals surface area (Å²) in [5, 5.41) is 0. The predicted molar refractivity (Wildman–Crippen MR) is 87.3 cm³/mol. The third kappa shape index (κ3) is 2.86. The molecule has 0 bridgehead atoms. The van der Waals surface area contributed by atoms with Gasteiger partial charge in [0.05, 0.1) is 6.04 Å². The van der Waals surface area contributed by atoms with Gasteiger partial charge in [-0.3, -0.25) is 0 Å². The van der Waals surface area contributed by atoms with Crippen molar-refractivity contribution in [2.24, 2.45) is 5.73 Å². The third-order valence-electron chi connectivity index (χ3n) is 3.93. The van der Waals surface area contributed by atoms with E-state index in [1.165, 1.54) is 27.9 Å². The summed E-state index contributed by atoms with van der Waals surface area (Å²) in [6, 6.07) is 15.1. The number of hydrogen-bond acceptors (Lipinski definition) is 2. The van der Waals surface area contributed by atoms with Crippen molar-refractivity contribution in [1.82, 2.24) is 0 Å². The quantitative estimate of drug-likeness (QED) is 0.915. The summed E-state index contributed by atoms with van der Waals surface area (Å²) in [6.07, 6.45) is 0. The first kappa shape index (κ1) is 14.6. The molecule has 2 aromatic rings. The highest BCUT2D eigenvalue weighted by molar-refractivity contribution is 5.51. The number of nitrogens with zero attached hydrogens (tertiary/aromatic N) is 1. The summed E-state index contributed by atoms with van der Waals surface area (Å²) >= 11 is 0. The summed E-state index contributed by atoms with van der Waals surface area (Å²) < 4.78 is 0. The van der Waals surface area contributed by atoms with Gasteiger partial charge >= 0.3 is 0 Å². The maximum Gasteiger partial charge on any atom is 0.0666 e. The van der Waals surface area contributed by atoms with E-state index in [9.17, 15) is 0 Å². The van der Waals surface area contributed by atoms with Crippen LogP contribution in [0.1, 0.15) is 28.3 Å². The number of aryl methyl sites for hydroxylation is 3. The first-order chi connectivity index (χ1) is 9.54. The number of nitrogens with two attached hydrogens (primary N) is 1. The Kier molecular flexibility index (Phi) is 4.46. The molecular weight excluding hydrogens is 244 g/mol. The number of hydrogen-bond donors (Lipinski definition) is 1. The van der Waals surface area contributed by atoms with Gasteiger partial charge in [-0.1, -0.05) is 35.9 Å². The molecule has 0 fully saturated rings. The van der Waals surface area contributed by atoms with E-state index in [4.69, 9.17) is 5.73 Å². The van der Waals surface area contributed by atoms with Crippen molar-refractivity contribution in [3.05, 3.63) is 64.7 Å². The normalized spacial score (nSPS) is 12.2. The molecule has 106 valence electrons. The van der Waals surface area contributed by atoms with Crippen molar-refractivity contribution in [3.63, 3.8) is 0 Å². The van der Waals surface area contributed by atoms with Gasteiger partial charge in [-0.05, 0) is 49.6 Å². The number of likely N-dealkylation sites (N-methyl/N-ethyl adjacent to an activating group) is 1. The second-order valence-electron chi connectivity index (χ2n) is 5.51. The average molecular weight is 268 g/mol. The lowest BCUT2D eigenvalue weighted by Gasteiger charge is -2.32. The Morgan fingerprint density at radius 1 is 1.00 bits per heavy atom. The van der Waals surface area contributed by atoms with Gasteiger partial charge in [-0.2, -0.15) is 0 Å². The zero-order chi connectivity index (χ0) is 14.7. The molecule has 0 amide bonds. The van der Waals surface area contributed by atoms with E-state index in [2.05, 4.69) is 69.1 Å². The van der Waals surface area contributed by atoms with Crippen molar-refractivity contribution in [1.29, 1.82) is 0 Å². The van der Waals surface area contributed by atoms with Crippen LogP contribution in [0.25, 0.3) is 0 Å². The summed E-state index contributed by atoms with van der Waals surface area (Å²) in [6.45, 7) is 7.10. The van der Waals surface area contributed by atoms with Gasteiger partial charge in [-0.25, -0.2) is 0 Å². The molecule has 0 saturated heterocycles. The summed E-state index contributed by atoms with van der Waals surface area (Å²) in [5.41, 5.74) is 12.6. The molecule has 2 nitrogen and oxygen atoms in total. The molecule has 0 spiro atoms. The number of rotatable bonds is 4. The fourth-order valence-electron chi connectivity index (χ4n) is 3.03. The summed E-state index contributed by atoms with van der Waals surface area (Å²) in [5.74, 6) is 0. The van der Waals surface area contributed by atoms with Crippen molar-refractivity contribution in [2.75, 3.05) is 18.5 Å². The molecule has 0 saturated carbocycles. The van der Waals surface area contributed by atoms with Gasteiger partial charge in [-0.15, -0.1) is 0 Å². The SMILES string of the molecule is Cc1cc(C)c(C(CN)N(C)c2ccccc2)c(C)c1. The maximum atomic E-state index is 6.08. The van der Waals surface area contributed by atoms with E-state index >= 15 is 0 Å². The van der Waals surface area contributed by atoms with Crippen molar-refractivity contribution in [3.8, 4) is 0 Å². The summed E-state index contributed by atoms with van der Waals surface area (Å²) in [4.78, 5) is 2.27. The second kappa shape index (κ2) is 6.10. The van der Waals surface area contributed by atoms with Crippen LogP contribution in [-0.2, 0) is 0 Å². The molecule has 2 N–H and O–H groups in total. The van der Waals surface area contributed by atoms with Crippen molar-refractivity contribution < 1.29 is 0 Å². The van der Waals surface area contributed by atoms with Gasteiger partial charge in [0, 0.05) is 19.3 Å². The first-order valence-corrected chi connectivity index (χ1v) is 7.10. The zero-order valence-electron chi connectivity index (χ0n) is 12.9. The van der Waals surface area contributed by atoms with Crippen LogP contribution in [0.15, 0.2) is 42.5 Å². The molecule has 0 aliphatic carbocycles. The van der Waals surface area contributed by atoms with Gasteiger partial charge in [0.1, 0.15) is 0 Å². The number of anilines is 1. The van der Waals surface area contributed by atoms with E-state index in [1.807, 2.05) is 6.07 Å². The van der Waals surface area contributed by atoms with Crippen LogP contribution in [0, 0.1) is 20.8 Å². The Balaban J connectivity index is 2.43. The van der Waals surface area contributed by atoms with Crippen molar-refractivity contribution in [2.45, 2.75) is 26.8 Å². The van der Waals surface area contributed by atoms with Gasteiger partial charge in [0.2, 0.25) is 0 Å². The van der Waals surface area contributed by atoms with E-state index in [-0.39, 0.29) is 6.04 Å². The molecule has 2 heteroatoms. The van der Waals surface area contributed by atoms with E-state index in [1.54, 1.807) is 0 Å². The molecule has 20 heavy (non-hydrogen) atoms. The maximum absolute atomic E-state index is 6.08. The van der Waals surface area contributed by atoms with E-state index in [0.717, 1.165) is 0 Å². The first-order valence-electron chi connectivity index (χ1n) is 7.10. The molecule has 0 aliphatic rings. The Hall–Kier alpha value is -1.80.